The van der Waals surface area contributed by atoms with Crippen LogP contribution < -0.4 is 0 Å². The third-order valence-corrected chi connectivity index (χ3v) is 2.88. The van der Waals surface area contributed by atoms with Gasteiger partial charge in [-0.1, -0.05) is 19.8 Å². The van der Waals surface area contributed by atoms with Crippen LogP contribution in [0.3, 0.4) is 0 Å². The normalized spacial score (nSPS) is 14.8. The van der Waals surface area contributed by atoms with Crippen LogP contribution in [0.1, 0.15) is 45.4 Å². The number of rotatable bonds is 8. The molecule has 0 aromatic carbocycles. The molecule has 0 radical (unpaired) electrons. The van der Waals surface area contributed by atoms with Gasteiger partial charge in [-0.05, 0) is 12.8 Å². The maximum Gasteiger partial charge on any atom is 0.253 e. The van der Waals surface area contributed by atoms with Gasteiger partial charge in [0, 0.05) is 31.5 Å². The van der Waals surface area contributed by atoms with Gasteiger partial charge in [-0.25, -0.2) is 0 Å². The molecule has 0 spiro atoms. The molecule has 0 N–H and O–H groups in total. The molecule has 0 atom stereocenters. The minimum absolute atomic E-state index is 0.212. The van der Waals surface area contributed by atoms with Crippen molar-refractivity contribution >= 4 is 17.6 Å². The highest BCUT2D eigenvalue weighted by atomic mass is 16.2. The van der Waals surface area contributed by atoms with E-state index < -0.39 is 0 Å². The van der Waals surface area contributed by atoms with Crippen molar-refractivity contribution in [2.75, 3.05) is 6.54 Å². The van der Waals surface area contributed by atoms with Crippen molar-refractivity contribution in [1.29, 1.82) is 0 Å². The standard InChI is InChI=1S/C13H19NO3/c1-2-11(15)7-5-3-4-6-10-14-12(16)8-9-13(14)17/h8-9H,2-7,10H2,1H3. The molecule has 17 heavy (non-hydrogen) atoms. The molecule has 0 aliphatic carbocycles. The summed E-state index contributed by atoms with van der Waals surface area (Å²) in [5.41, 5.74) is 0. The Hall–Kier alpha value is -1.45. The van der Waals surface area contributed by atoms with Gasteiger partial charge in [0.1, 0.15) is 5.78 Å². The largest absolute Gasteiger partial charge is 0.300 e. The van der Waals surface area contributed by atoms with Crippen LogP contribution in [0, 0.1) is 0 Å². The van der Waals surface area contributed by atoms with E-state index in [1.54, 1.807) is 0 Å². The molecule has 0 aromatic heterocycles. The van der Waals surface area contributed by atoms with Crippen LogP contribution in [-0.2, 0) is 14.4 Å². The summed E-state index contributed by atoms with van der Waals surface area (Å²) in [7, 11) is 0. The summed E-state index contributed by atoms with van der Waals surface area (Å²) in [5.74, 6) is -0.119. The zero-order valence-corrected chi connectivity index (χ0v) is 10.3. The molecule has 0 saturated heterocycles. The number of unbranched alkanes of at least 4 members (excludes halogenated alkanes) is 3. The number of carbonyl (C=O) groups is 3. The highest BCUT2D eigenvalue weighted by Crippen LogP contribution is 2.09. The highest BCUT2D eigenvalue weighted by Gasteiger charge is 2.21. The summed E-state index contributed by atoms with van der Waals surface area (Å²) >= 11 is 0. The highest BCUT2D eigenvalue weighted by molar-refractivity contribution is 6.12. The Morgan fingerprint density at radius 1 is 1.06 bits per heavy atom. The molecular weight excluding hydrogens is 218 g/mol. The molecular formula is C13H19NO3. The molecule has 1 rings (SSSR count). The lowest BCUT2D eigenvalue weighted by atomic mass is 10.1. The predicted octanol–water partition coefficient (Wildman–Crippen LogP) is 1.84. The van der Waals surface area contributed by atoms with Gasteiger partial charge in [-0.2, -0.15) is 0 Å². The summed E-state index contributed by atoms with van der Waals surface area (Å²) in [6.45, 7) is 2.37. The summed E-state index contributed by atoms with van der Waals surface area (Å²) in [5, 5.41) is 0. The Balaban J connectivity index is 2.03. The molecule has 1 heterocycles. The summed E-state index contributed by atoms with van der Waals surface area (Å²) in [6, 6.07) is 0. The van der Waals surface area contributed by atoms with E-state index in [-0.39, 0.29) is 11.8 Å². The third kappa shape index (κ3) is 4.51. The van der Waals surface area contributed by atoms with Crippen molar-refractivity contribution in [2.24, 2.45) is 0 Å². The fourth-order valence-electron chi connectivity index (χ4n) is 1.77. The quantitative estimate of drug-likeness (QED) is 0.478. The van der Waals surface area contributed by atoms with E-state index in [0.717, 1.165) is 25.7 Å². The van der Waals surface area contributed by atoms with Gasteiger partial charge < -0.3 is 0 Å². The van der Waals surface area contributed by atoms with Crippen molar-refractivity contribution < 1.29 is 14.4 Å². The summed E-state index contributed by atoms with van der Waals surface area (Å²) in [4.78, 5) is 34.7. The van der Waals surface area contributed by atoms with Gasteiger partial charge in [0.15, 0.2) is 0 Å². The molecule has 1 aliphatic rings. The summed E-state index contributed by atoms with van der Waals surface area (Å²) in [6.07, 6.45) is 7.54. The molecule has 1 aliphatic heterocycles. The van der Waals surface area contributed by atoms with E-state index in [2.05, 4.69) is 0 Å². The van der Waals surface area contributed by atoms with Crippen LogP contribution in [0.5, 0.6) is 0 Å². The lowest BCUT2D eigenvalue weighted by molar-refractivity contribution is -0.136. The van der Waals surface area contributed by atoms with Crippen LogP contribution in [0.2, 0.25) is 0 Å². The second-order valence-corrected chi connectivity index (χ2v) is 4.22. The van der Waals surface area contributed by atoms with Gasteiger partial charge >= 0.3 is 0 Å². The monoisotopic (exact) mass is 237 g/mol. The van der Waals surface area contributed by atoms with Gasteiger partial charge in [0.2, 0.25) is 0 Å². The first-order valence-corrected chi connectivity index (χ1v) is 6.20. The van der Waals surface area contributed by atoms with Crippen molar-refractivity contribution in [1.82, 2.24) is 4.90 Å². The lowest BCUT2D eigenvalue weighted by Gasteiger charge is -2.12. The molecule has 0 unspecified atom stereocenters. The third-order valence-electron chi connectivity index (χ3n) is 2.88. The number of hydrogen-bond donors (Lipinski definition) is 0. The molecule has 4 nitrogen and oxygen atoms in total. The van der Waals surface area contributed by atoms with E-state index in [0.29, 0.717) is 25.2 Å². The molecule has 0 bridgehead atoms. The van der Waals surface area contributed by atoms with E-state index in [1.165, 1.54) is 17.1 Å². The molecule has 0 saturated carbocycles. The molecule has 0 fully saturated rings. The Morgan fingerprint density at radius 3 is 2.24 bits per heavy atom. The first-order valence-electron chi connectivity index (χ1n) is 6.20. The van der Waals surface area contributed by atoms with Crippen LogP contribution in [0.15, 0.2) is 12.2 Å². The topological polar surface area (TPSA) is 54.5 Å². The van der Waals surface area contributed by atoms with Crippen molar-refractivity contribution in [3.05, 3.63) is 12.2 Å². The Bertz CT molecular complexity index is 316. The van der Waals surface area contributed by atoms with Crippen LogP contribution in [0.4, 0.5) is 0 Å². The second kappa shape index (κ2) is 6.99. The number of hydrogen-bond acceptors (Lipinski definition) is 3. The Morgan fingerprint density at radius 2 is 1.65 bits per heavy atom. The maximum atomic E-state index is 11.2. The van der Waals surface area contributed by atoms with Crippen LogP contribution >= 0.6 is 0 Å². The lowest BCUT2D eigenvalue weighted by Crippen LogP contribution is -2.30. The van der Waals surface area contributed by atoms with Crippen molar-refractivity contribution in [2.45, 2.75) is 45.4 Å². The first-order chi connectivity index (χ1) is 8.15. The second-order valence-electron chi connectivity index (χ2n) is 4.22. The van der Waals surface area contributed by atoms with Gasteiger partial charge in [0.05, 0.1) is 0 Å². The van der Waals surface area contributed by atoms with E-state index in [1.807, 2.05) is 6.92 Å². The Labute approximate surface area is 102 Å². The van der Waals surface area contributed by atoms with E-state index >= 15 is 0 Å². The van der Waals surface area contributed by atoms with Crippen molar-refractivity contribution in [3.63, 3.8) is 0 Å². The number of carbonyl (C=O) groups excluding carboxylic acids is 3. The maximum absolute atomic E-state index is 11.2. The minimum Gasteiger partial charge on any atom is -0.300 e. The number of ketones is 1. The van der Waals surface area contributed by atoms with Gasteiger partial charge in [0.25, 0.3) is 11.8 Å². The van der Waals surface area contributed by atoms with Crippen LogP contribution in [-0.4, -0.2) is 29.0 Å². The SMILES string of the molecule is CCC(=O)CCCCCCN1C(=O)C=CC1=O. The average molecular weight is 237 g/mol. The minimum atomic E-state index is -0.212. The molecule has 94 valence electrons. The zero-order valence-electron chi connectivity index (χ0n) is 10.3. The molecule has 2 amide bonds. The summed E-state index contributed by atoms with van der Waals surface area (Å²) < 4.78 is 0. The first kappa shape index (κ1) is 13.6. The number of amides is 2. The van der Waals surface area contributed by atoms with E-state index in [4.69, 9.17) is 0 Å². The average Bonchev–Trinajstić information content (AvgIpc) is 2.64. The van der Waals surface area contributed by atoms with E-state index in [9.17, 15) is 14.4 Å². The van der Waals surface area contributed by atoms with Gasteiger partial charge in [-0.15, -0.1) is 0 Å². The number of nitrogens with zero attached hydrogens (tertiary/aromatic N) is 1. The molecule has 0 aromatic rings. The fraction of sp³-hybridized carbons (Fsp3) is 0.615. The van der Waals surface area contributed by atoms with Crippen molar-refractivity contribution in [3.8, 4) is 0 Å². The fourth-order valence-corrected chi connectivity index (χ4v) is 1.77. The zero-order chi connectivity index (χ0) is 12.7. The number of Topliss-reactive ketones (excluding diaryl/α,β-unsaturated/α-hetero) is 1. The smallest absolute Gasteiger partial charge is 0.253 e. The number of imide groups is 1. The molecule has 4 heteroatoms. The predicted molar refractivity (Wildman–Crippen MR) is 64.2 cm³/mol. The van der Waals surface area contributed by atoms with Crippen LogP contribution in [0.25, 0.3) is 0 Å². The Kier molecular flexibility index (Phi) is 5.60. The van der Waals surface area contributed by atoms with Gasteiger partial charge in [-0.3, -0.25) is 19.3 Å².